The van der Waals surface area contributed by atoms with Gasteiger partial charge < -0.3 is 15.6 Å². The maximum atomic E-state index is 13.1. The van der Waals surface area contributed by atoms with Crippen LogP contribution in [0, 0.1) is 6.92 Å². The quantitative estimate of drug-likeness (QED) is 0.699. The minimum absolute atomic E-state index is 0.231. The van der Waals surface area contributed by atoms with E-state index in [-0.39, 0.29) is 5.56 Å². The lowest BCUT2D eigenvalue weighted by atomic mass is 10.1. The molecule has 0 radical (unpaired) electrons. The highest BCUT2D eigenvalue weighted by Gasteiger charge is 2.20. The largest absolute Gasteiger partial charge is 0.397 e. The fourth-order valence-electron chi connectivity index (χ4n) is 3.72. The number of halogens is 2. The Morgan fingerprint density at radius 3 is 2.59 bits per heavy atom. The number of nitrogens with one attached hydrogen (secondary N) is 1. The van der Waals surface area contributed by atoms with Gasteiger partial charge in [-0.05, 0) is 36.2 Å². The molecule has 3 aromatic rings. The van der Waals surface area contributed by atoms with Crippen molar-refractivity contribution in [2.45, 2.75) is 19.9 Å². The molecule has 1 fully saturated rings. The summed E-state index contributed by atoms with van der Waals surface area (Å²) in [6.07, 6.45) is 0.526. The van der Waals surface area contributed by atoms with Crippen LogP contribution >= 0.6 is 0 Å². The SMILES string of the molecule is Cc1c(C(F)F)c(=O)[nH]c2cc(CN3CCN(c4ccc(N)cn4)CC3)cnc12. The van der Waals surface area contributed by atoms with Crippen molar-refractivity contribution in [3.8, 4) is 0 Å². The number of aromatic amines is 1. The van der Waals surface area contributed by atoms with E-state index in [0.29, 0.717) is 23.3 Å². The van der Waals surface area contributed by atoms with Crippen molar-refractivity contribution in [3.05, 3.63) is 57.6 Å². The van der Waals surface area contributed by atoms with Gasteiger partial charge in [0, 0.05) is 38.9 Å². The van der Waals surface area contributed by atoms with Gasteiger partial charge in [0.15, 0.2) is 0 Å². The van der Waals surface area contributed by atoms with Crippen LogP contribution in [-0.2, 0) is 6.54 Å². The van der Waals surface area contributed by atoms with Gasteiger partial charge in [0.05, 0.1) is 28.5 Å². The monoisotopic (exact) mass is 400 g/mol. The van der Waals surface area contributed by atoms with E-state index in [9.17, 15) is 13.6 Å². The molecule has 0 aromatic carbocycles. The molecule has 0 amide bonds. The summed E-state index contributed by atoms with van der Waals surface area (Å²) in [5.41, 5.74) is 7.12. The molecule has 4 rings (SSSR count). The first kappa shape index (κ1) is 19.3. The molecule has 1 saturated heterocycles. The maximum Gasteiger partial charge on any atom is 0.269 e. The van der Waals surface area contributed by atoms with E-state index in [1.54, 1.807) is 12.4 Å². The Labute approximate surface area is 166 Å². The van der Waals surface area contributed by atoms with Crippen LogP contribution in [0.3, 0.4) is 0 Å². The molecule has 0 atom stereocenters. The molecule has 152 valence electrons. The first-order valence-electron chi connectivity index (χ1n) is 9.41. The standard InChI is InChI=1S/C20H22F2N6O/c1-12-17(19(21)22)20(29)26-15-8-13(9-25-18(12)15)11-27-4-6-28(7-5-27)16-3-2-14(23)10-24-16/h2-3,8-10,19H,4-7,11,23H2,1H3,(H,26,29). The van der Waals surface area contributed by atoms with Crippen molar-refractivity contribution in [3.63, 3.8) is 0 Å². The van der Waals surface area contributed by atoms with Gasteiger partial charge in [-0.15, -0.1) is 0 Å². The second kappa shape index (κ2) is 7.75. The van der Waals surface area contributed by atoms with Crippen LogP contribution in [0.25, 0.3) is 11.0 Å². The third-order valence-corrected chi connectivity index (χ3v) is 5.29. The van der Waals surface area contributed by atoms with Gasteiger partial charge in [-0.3, -0.25) is 14.7 Å². The number of nitrogens with zero attached hydrogens (tertiary/aromatic N) is 4. The molecule has 1 aliphatic heterocycles. The minimum atomic E-state index is -2.82. The molecule has 4 heterocycles. The summed E-state index contributed by atoms with van der Waals surface area (Å²) in [4.78, 5) is 27.7. The Hall–Kier alpha value is -3.07. The highest BCUT2D eigenvalue weighted by molar-refractivity contribution is 5.79. The predicted octanol–water partition coefficient (Wildman–Crippen LogP) is 2.47. The summed E-state index contributed by atoms with van der Waals surface area (Å²) < 4.78 is 26.2. The van der Waals surface area contributed by atoms with Crippen molar-refractivity contribution < 1.29 is 8.78 Å². The van der Waals surface area contributed by atoms with Crippen molar-refractivity contribution in [2.75, 3.05) is 36.8 Å². The number of nitrogens with two attached hydrogens (primary N) is 1. The van der Waals surface area contributed by atoms with Crippen molar-refractivity contribution >= 4 is 22.5 Å². The van der Waals surface area contributed by atoms with Crippen LogP contribution in [0.1, 0.15) is 23.1 Å². The van der Waals surface area contributed by atoms with E-state index in [0.717, 1.165) is 37.6 Å². The second-order valence-electron chi connectivity index (χ2n) is 7.25. The van der Waals surface area contributed by atoms with E-state index >= 15 is 0 Å². The zero-order valence-corrected chi connectivity index (χ0v) is 16.0. The van der Waals surface area contributed by atoms with Crippen LogP contribution in [0.5, 0.6) is 0 Å². The number of aromatic nitrogens is 3. The molecule has 3 aromatic heterocycles. The Kier molecular flexibility index (Phi) is 5.14. The molecule has 0 spiro atoms. The Morgan fingerprint density at radius 1 is 1.17 bits per heavy atom. The number of piperazine rings is 1. The Balaban J connectivity index is 1.47. The lowest BCUT2D eigenvalue weighted by molar-refractivity contribution is 0.149. The van der Waals surface area contributed by atoms with E-state index < -0.39 is 17.5 Å². The minimum Gasteiger partial charge on any atom is -0.397 e. The molecule has 1 aliphatic rings. The number of rotatable bonds is 4. The van der Waals surface area contributed by atoms with E-state index in [2.05, 4.69) is 24.8 Å². The number of nitrogen functional groups attached to an aromatic ring is 1. The lowest BCUT2D eigenvalue weighted by Crippen LogP contribution is -2.46. The van der Waals surface area contributed by atoms with Gasteiger partial charge in [0.2, 0.25) is 0 Å². The number of H-pyrrole nitrogens is 1. The van der Waals surface area contributed by atoms with Crippen LogP contribution in [0.4, 0.5) is 20.3 Å². The summed E-state index contributed by atoms with van der Waals surface area (Å²) in [6.45, 7) is 5.56. The number of hydrogen-bond donors (Lipinski definition) is 2. The average molecular weight is 400 g/mol. The molecule has 0 unspecified atom stereocenters. The topological polar surface area (TPSA) is 91.1 Å². The summed E-state index contributed by atoms with van der Waals surface area (Å²) in [5.74, 6) is 0.911. The molecule has 29 heavy (non-hydrogen) atoms. The predicted molar refractivity (Wildman–Crippen MR) is 108 cm³/mol. The van der Waals surface area contributed by atoms with E-state index in [1.807, 2.05) is 18.2 Å². The lowest BCUT2D eigenvalue weighted by Gasteiger charge is -2.35. The molecule has 0 bridgehead atoms. The fourth-order valence-corrected chi connectivity index (χ4v) is 3.72. The molecule has 7 nitrogen and oxygen atoms in total. The van der Waals surface area contributed by atoms with E-state index in [4.69, 9.17) is 5.73 Å². The van der Waals surface area contributed by atoms with Gasteiger partial charge in [-0.2, -0.15) is 0 Å². The first-order valence-corrected chi connectivity index (χ1v) is 9.41. The normalized spacial score (nSPS) is 15.4. The number of alkyl halides is 2. The molecule has 9 heteroatoms. The smallest absolute Gasteiger partial charge is 0.269 e. The summed E-state index contributed by atoms with van der Waals surface area (Å²) >= 11 is 0. The second-order valence-corrected chi connectivity index (χ2v) is 7.25. The van der Waals surface area contributed by atoms with Crippen LogP contribution in [-0.4, -0.2) is 46.0 Å². The number of fused-ring (bicyclic) bond motifs is 1. The Morgan fingerprint density at radius 2 is 1.93 bits per heavy atom. The van der Waals surface area contributed by atoms with Gasteiger partial charge in [0.25, 0.3) is 12.0 Å². The number of anilines is 2. The van der Waals surface area contributed by atoms with Gasteiger partial charge in [-0.1, -0.05) is 0 Å². The fraction of sp³-hybridized carbons (Fsp3) is 0.350. The zero-order chi connectivity index (χ0) is 20.5. The molecule has 0 saturated carbocycles. The third kappa shape index (κ3) is 3.91. The first-order chi connectivity index (χ1) is 13.9. The van der Waals surface area contributed by atoms with E-state index in [1.165, 1.54) is 6.92 Å². The summed E-state index contributed by atoms with van der Waals surface area (Å²) in [7, 11) is 0. The maximum absolute atomic E-state index is 13.1. The molecule has 0 aliphatic carbocycles. The van der Waals surface area contributed by atoms with Crippen LogP contribution in [0.2, 0.25) is 0 Å². The van der Waals surface area contributed by atoms with Crippen molar-refractivity contribution in [1.29, 1.82) is 0 Å². The van der Waals surface area contributed by atoms with Gasteiger partial charge in [0.1, 0.15) is 5.82 Å². The summed E-state index contributed by atoms with van der Waals surface area (Å²) in [5, 5.41) is 0. The number of pyridine rings is 3. The van der Waals surface area contributed by atoms with Crippen molar-refractivity contribution in [1.82, 2.24) is 19.9 Å². The zero-order valence-electron chi connectivity index (χ0n) is 16.0. The average Bonchev–Trinajstić information content (AvgIpc) is 2.69. The number of aryl methyl sites for hydroxylation is 1. The molecule has 3 N–H and O–H groups in total. The number of hydrogen-bond acceptors (Lipinski definition) is 6. The van der Waals surface area contributed by atoms with Crippen LogP contribution in [0.15, 0.2) is 35.4 Å². The molecular weight excluding hydrogens is 378 g/mol. The Bertz CT molecular complexity index is 1070. The van der Waals surface area contributed by atoms with Crippen LogP contribution < -0.4 is 16.2 Å². The highest BCUT2D eigenvalue weighted by Crippen LogP contribution is 2.24. The molecular formula is C20H22F2N6O. The van der Waals surface area contributed by atoms with Gasteiger partial charge >= 0.3 is 0 Å². The van der Waals surface area contributed by atoms with Crippen molar-refractivity contribution in [2.24, 2.45) is 0 Å². The third-order valence-electron chi connectivity index (χ3n) is 5.29. The summed E-state index contributed by atoms with van der Waals surface area (Å²) in [6, 6.07) is 5.59. The highest BCUT2D eigenvalue weighted by atomic mass is 19.3. The van der Waals surface area contributed by atoms with Gasteiger partial charge in [-0.25, -0.2) is 13.8 Å².